The van der Waals surface area contributed by atoms with Crippen LogP contribution in [0.4, 0.5) is 0 Å². The molecule has 0 aromatic heterocycles. The fourth-order valence-electron chi connectivity index (χ4n) is 7.22. The van der Waals surface area contributed by atoms with Crippen LogP contribution in [0, 0.1) is 0 Å². The van der Waals surface area contributed by atoms with Crippen LogP contribution in [0.5, 0.6) is 0 Å². The number of rotatable bonds is 40. The standard InChI is InChI=1S/C49H87O13P/c1-3-5-7-9-11-13-15-17-19-21-23-25-27-29-31-33-35-37-42(50)59-39-41(40-60-63(57,58)62-49-47(55)45(53)44(52)46(54)48(49)56)61-43(51)38-36-34-32-30-28-26-24-22-20-18-16-14-12-10-8-6-4-2/h11,13,17,19,23,25,29,31,41,44-49,52-56H,3-10,12,14-16,18,20-22,24,26-28,30,32-40H2,1-2H3,(H,57,58)/t41-,44?,45-,46?,47?,48?,49?/m1/s1. The van der Waals surface area contributed by atoms with Gasteiger partial charge in [0, 0.05) is 12.8 Å². The highest BCUT2D eigenvalue weighted by atomic mass is 31.2. The van der Waals surface area contributed by atoms with Crippen LogP contribution in [-0.4, -0.2) is 98.3 Å². The summed E-state index contributed by atoms with van der Waals surface area (Å²) in [5, 5.41) is 50.2. The molecule has 1 saturated carbocycles. The number of aliphatic hydroxyl groups is 5. The van der Waals surface area contributed by atoms with E-state index in [1.165, 1.54) is 96.3 Å². The summed E-state index contributed by atoms with van der Waals surface area (Å²) >= 11 is 0. The van der Waals surface area contributed by atoms with Gasteiger partial charge in [0.05, 0.1) is 6.61 Å². The normalized spacial score (nSPS) is 22.1. The summed E-state index contributed by atoms with van der Waals surface area (Å²) in [5.74, 6) is -1.16. The van der Waals surface area contributed by atoms with Gasteiger partial charge < -0.3 is 39.9 Å². The molecule has 13 nitrogen and oxygen atoms in total. The zero-order chi connectivity index (χ0) is 46.4. The quantitative estimate of drug-likeness (QED) is 0.0147. The summed E-state index contributed by atoms with van der Waals surface area (Å²) in [6.45, 7) is 3.24. The molecular formula is C49H87O13P. The van der Waals surface area contributed by atoms with Crippen LogP contribution < -0.4 is 0 Å². The molecule has 0 aliphatic heterocycles. The fourth-order valence-corrected chi connectivity index (χ4v) is 8.19. The Labute approximate surface area is 380 Å². The minimum Gasteiger partial charge on any atom is -0.462 e. The zero-order valence-corrected chi connectivity index (χ0v) is 39.8. The molecule has 1 fully saturated rings. The topological polar surface area (TPSA) is 210 Å². The number of phosphoric acid groups is 1. The maximum atomic E-state index is 12.8. The van der Waals surface area contributed by atoms with Crippen molar-refractivity contribution in [3.05, 3.63) is 48.6 Å². The minimum atomic E-state index is -5.13. The lowest BCUT2D eigenvalue weighted by atomic mass is 9.85. The minimum absolute atomic E-state index is 0.0873. The number of unbranched alkanes of at least 4 members (excludes halogenated alkanes) is 20. The molecule has 0 aromatic carbocycles. The van der Waals surface area contributed by atoms with Crippen molar-refractivity contribution in [2.24, 2.45) is 0 Å². The van der Waals surface area contributed by atoms with Crippen molar-refractivity contribution >= 4 is 19.8 Å². The summed E-state index contributed by atoms with van der Waals surface area (Å²) in [6.07, 6.45) is 33.1. The van der Waals surface area contributed by atoms with E-state index in [2.05, 4.69) is 50.3 Å². The molecule has 0 amide bonds. The second-order valence-corrected chi connectivity index (χ2v) is 18.4. The van der Waals surface area contributed by atoms with Gasteiger partial charge in [-0.1, -0.05) is 178 Å². The third-order valence-electron chi connectivity index (χ3n) is 11.2. The summed E-state index contributed by atoms with van der Waals surface area (Å²) < 4.78 is 33.5. The third-order valence-corrected chi connectivity index (χ3v) is 12.2. The Morgan fingerprint density at radius 1 is 0.492 bits per heavy atom. The number of phosphoric ester groups is 1. The van der Waals surface area contributed by atoms with Crippen molar-refractivity contribution in [1.82, 2.24) is 0 Å². The first kappa shape index (κ1) is 58.8. The molecule has 6 N–H and O–H groups in total. The first-order valence-electron chi connectivity index (χ1n) is 24.4. The van der Waals surface area contributed by atoms with Crippen molar-refractivity contribution < 1.29 is 63.1 Å². The average molecular weight is 915 g/mol. The van der Waals surface area contributed by atoms with Crippen LogP contribution in [0.25, 0.3) is 0 Å². The molecule has 1 aliphatic carbocycles. The van der Waals surface area contributed by atoms with Crippen molar-refractivity contribution in [3.63, 3.8) is 0 Å². The molecule has 14 heteroatoms. The highest BCUT2D eigenvalue weighted by Gasteiger charge is 2.51. The van der Waals surface area contributed by atoms with Gasteiger partial charge in [-0.25, -0.2) is 4.57 Å². The van der Waals surface area contributed by atoms with Gasteiger partial charge in [-0.2, -0.15) is 0 Å². The molecule has 0 aromatic rings. The smallest absolute Gasteiger partial charge is 0.462 e. The first-order valence-corrected chi connectivity index (χ1v) is 25.9. The number of carbonyl (C=O) groups excluding carboxylic acids is 2. The molecular weight excluding hydrogens is 827 g/mol. The Kier molecular flexibility index (Phi) is 36.4. The van der Waals surface area contributed by atoms with Crippen LogP contribution in [0.15, 0.2) is 48.6 Å². The van der Waals surface area contributed by atoms with E-state index in [-0.39, 0.29) is 12.8 Å². The molecule has 0 heterocycles. The second kappa shape index (κ2) is 39.0. The lowest BCUT2D eigenvalue weighted by molar-refractivity contribution is -0.220. The van der Waals surface area contributed by atoms with Crippen LogP contribution in [-0.2, 0) is 32.7 Å². The van der Waals surface area contributed by atoms with Gasteiger partial charge >= 0.3 is 19.8 Å². The molecule has 6 unspecified atom stereocenters. The van der Waals surface area contributed by atoms with Gasteiger partial charge in [0.1, 0.15) is 43.2 Å². The molecule has 366 valence electrons. The van der Waals surface area contributed by atoms with Crippen molar-refractivity contribution in [2.45, 2.75) is 236 Å². The van der Waals surface area contributed by atoms with Gasteiger partial charge in [-0.3, -0.25) is 18.6 Å². The molecule has 63 heavy (non-hydrogen) atoms. The van der Waals surface area contributed by atoms with Gasteiger partial charge in [0.25, 0.3) is 0 Å². The highest BCUT2D eigenvalue weighted by Crippen LogP contribution is 2.47. The van der Waals surface area contributed by atoms with Crippen molar-refractivity contribution in [1.29, 1.82) is 0 Å². The Bertz CT molecular complexity index is 1290. The Morgan fingerprint density at radius 3 is 1.35 bits per heavy atom. The van der Waals surface area contributed by atoms with Crippen LogP contribution in [0.3, 0.4) is 0 Å². The van der Waals surface area contributed by atoms with E-state index in [1.54, 1.807) is 0 Å². The van der Waals surface area contributed by atoms with Crippen molar-refractivity contribution in [3.8, 4) is 0 Å². The number of esters is 2. The molecule has 8 atom stereocenters. The molecule has 0 radical (unpaired) electrons. The van der Waals surface area contributed by atoms with E-state index in [4.69, 9.17) is 18.5 Å². The summed E-state index contributed by atoms with van der Waals surface area (Å²) in [5.41, 5.74) is 0. The van der Waals surface area contributed by atoms with Gasteiger partial charge in [0.2, 0.25) is 0 Å². The summed E-state index contributed by atoms with van der Waals surface area (Å²) in [4.78, 5) is 35.7. The number of carbonyl (C=O) groups is 2. The van der Waals surface area contributed by atoms with E-state index in [1.807, 2.05) is 12.2 Å². The Hall–Kier alpha value is -2.19. The third kappa shape index (κ3) is 31.4. The average Bonchev–Trinajstić information content (AvgIpc) is 3.26. The van der Waals surface area contributed by atoms with Crippen LogP contribution >= 0.6 is 7.82 Å². The van der Waals surface area contributed by atoms with E-state index in [0.717, 1.165) is 51.4 Å². The number of hydrogen-bond acceptors (Lipinski definition) is 12. The number of ether oxygens (including phenoxy) is 2. The maximum absolute atomic E-state index is 12.8. The molecule has 0 bridgehead atoms. The van der Waals surface area contributed by atoms with Gasteiger partial charge in [0.15, 0.2) is 6.10 Å². The van der Waals surface area contributed by atoms with E-state index < -0.39 is 75.7 Å². The number of allylic oxidation sites excluding steroid dienone is 8. The molecule has 1 aliphatic rings. The second-order valence-electron chi connectivity index (χ2n) is 17.0. The van der Waals surface area contributed by atoms with E-state index >= 15 is 0 Å². The predicted molar refractivity (Wildman–Crippen MR) is 249 cm³/mol. The Balaban J connectivity index is 2.47. The Morgan fingerprint density at radius 2 is 0.873 bits per heavy atom. The van der Waals surface area contributed by atoms with E-state index in [9.17, 15) is 44.6 Å². The van der Waals surface area contributed by atoms with Gasteiger partial charge in [-0.15, -0.1) is 0 Å². The van der Waals surface area contributed by atoms with E-state index in [0.29, 0.717) is 19.3 Å². The SMILES string of the molecule is CCCCCC=CCC=CCC=CCC=CCCCC(=O)OC[C@H](COP(=O)(O)OC1C(O)C(O)C(O)[C@@H](O)C1O)OC(=O)CCCCCCCCCCCCCCCCCCC. The molecule has 1 rings (SSSR count). The summed E-state index contributed by atoms with van der Waals surface area (Å²) in [7, 11) is -5.13. The first-order chi connectivity index (χ1) is 30.4. The van der Waals surface area contributed by atoms with Crippen molar-refractivity contribution in [2.75, 3.05) is 13.2 Å². The highest BCUT2D eigenvalue weighted by molar-refractivity contribution is 7.47. The maximum Gasteiger partial charge on any atom is 0.472 e. The fraction of sp³-hybridized carbons (Fsp3) is 0.796. The van der Waals surface area contributed by atoms with Crippen LogP contribution in [0.1, 0.15) is 194 Å². The number of aliphatic hydroxyl groups excluding tert-OH is 5. The largest absolute Gasteiger partial charge is 0.472 e. The van der Waals surface area contributed by atoms with Crippen LogP contribution in [0.2, 0.25) is 0 Å². The lowest BCUT2D eigenvalue weighted by Gasteiger charge is -2.41. The molecule has 0 saturated heterocycles. The monoisotopic (exact) mass is 915 g/mol. The zero-order valence-electron chi connectivity index (χ0n) is 38.9. The number of hydrogen-bond donors (Lipinski definition) is 6. The predicted octanol–water partition coefficient (Wildman–Crippen LogP) is 9.95. The molecule has 0 spiro atoms. The summed E-state index contributed by atoms with van der Waals surface area (Å²) in [6, 6.07) is 0. The van der Waals surface area contributed by atoms with Gasteiger partial charge in [-0.05, 0) is 51.4 Å². The lowest BCUT2D eigenvalue weighted by Crippen LogP contribution is -2.64.